The molecule has 4 rings (SSSR count). The molecule has 5 nitrogen and oxygen atoms in total. The van der Waals surface area contributed by atoms with Crippen LogP contribution in [0.5, 0.6) is 0 Å². The van der Waals surface area contributed by atoms with Crippen molar-refractivity contribution in [3.8, 4) is 0 Å². The van der Waals surface area contributed by atoms with Crippen LogP contribution in [0.3, 0.4) is 0 Å². The predicted octanol–water partition coefficient (Wildman–Crippen LogP) is 3.09. The van der Waals surface area contributed by atoms with E-state index >= 15 is 0 Å². The van der Waals surface area contributed by atoms with Gasteiger partial charge in [-0.1, -0.05) is 0 Å². The van der Waals surface area contributed by atoms with Crippen LogP contribution in [0.2, 0.25) is 0 Å². The number of hydrogen-bond acceptors (Lipinski definition) is 5. The average Bonchev–Trinajstić information content (AvgIpc) is 3.39. The average molecular weight is 302 g/mol. The van der Waals surface area contributed by atoms with E-state index < -0.39 is 6.10 Å². The van der Waals surface area contributed by atoms with Gasteiger partial charge in [0.15, 0.2) is 5.16 Å². The van der Waals surface area contributed by atoms with Gasteiger partial charge in [-0.2, -0.15) is 0 Å². The van der Waals surface area contributed by atoms with Crippen molar-refractivity contribution in [1.29, 1.82) is 0 Å². The van der Waals surface area contributed by atoms with Gasteiger partial charge in [0, 0.05) is 18.2 Å². The lowest BCUT2D eigenvalue weighted by Gasteiger charge is -2.09. The van der Waals surface area contributed by atoms with Gasteiger partial charge in [0.25, 0.3) is 0 Å². The van der Waals surface area contributed by atoms with Crippen LogP contribution in [0.4, 0.5) is 0 Å². The first kappa shape index (κ1) is 13.3. The third-order valence-electron chi connectivity index (χ3n) is 3.98. The number of aromatic nitrogens is 4. The summed E-state index contributed by atoms with van der Waals surface area (Å²) in [4.78, 5) is 4.38. The van der Waals surface area contributed by atoms with Crippen molar-refractivity contribution < 1.29 is 5.11 Å². The van der Waals surface area contributed by atoms with Gasteiger partial charge < -0.3 is 9.67 Å². The zero-order valence-electron chi connectivity index (χ0n) is 11.9. The lowest BCUT2D eigenvalue weighted by molar-refractivity contribution is 0.199. The maximum Gasteiger partial charge on any atom is 0.197 e. The van der Waals surface area contributed by atoms with E-state index in [0.29, 0.717) is 12.0 Å². The van der Waals surface area contributed by atoms with E-state index in [-0.39, 0.29) is 0 Å². The molecule has 2 aromatic heterocycles. The molecule has 0 radical (unpaired) electrons. The van der Waals surface area contributed by atoms with Crippen molar-refractivity contribution >= 4 is 11.8 Å². The van der Waals surface area contributed by atoms with Crippen LogP contribution < -0.4 is 0 Å². The third kappa shape index (κ3) is 2.70. The molecule has 0 aliphatic heterocycles. The molecular formula is C15H18N4OS. The number of aliphatic hydroxyl groups excluding tert-OH is 1. The molecule has 2 aromatic rings. The van der Waals surface area contributed by atoms with Crippen molar-refractivity contribution in [3.63, 3.8) is 0 Å². The highest BCUT2D eigenvalue weighted by atomic mass is 32.2. The first-order valence-corrected chi connectivity index (χ1v) is 8.30. The highest BCUT2D eigenvalue weighted by Gasteiger charge is 2.36. The van der Waals surface area contributed by atoms with Crippen LogP contribution in [0.1, 0.15) is 62.1 Å². The van der Waals surface area contributed by atoms with Crippen LogP contribution in [0.15, 0.2) is 28.5 Å². The summed E-state index contributed by atoms with van der Waals surface area (Å²) in [7, 11) is 0. The van der Waals surface area contributed by atoms with E-state index in [1.165, 1.54) is 25.7 Å². The maximum atomic E-state index is 9.68. The molecule has 0 saturated heterocycles. The molecule has 0 amide bonds. The van der Waals surface area contributed by atoms with Gasteiger partial charge in [0.1, 0.15) is 10.9 Å². The fourth-order valence-corrected chi connectivity index (χ4v) is 3.41. The predicted molar refractivity (Wildman–Crippen MR) is 79.3 cm³/mol. The van der Waals surface area contributed by atoms with Crippen molar-refractivity contribution in [1.82, 2.24) is 19.7 Å². The summed E-state index contributed by atoms with van der Waals surface area (Å²) in [6, 6.07) is 4.35. The lowest BCUT2D eigenvalue weighted by Crippen LogP contribution is -2.02. The number of nitrogens with zero attached hydrogens (tertiary/aromatic N) is 4. The number of pyridine rings is 1. The summed E-state index contributed by atoms with van der Waals surface area (Å²) >= 11 is 1.55. The third-order valence-corrected chi connectivity index (χ3v) is 4.88. The first-order chi connectivity index (χ1) is 10.2. The highest BCUT2D eigenvalue weighted by Crippen LogP contribution is 2.46. The van der Waals surface area contributed by atoms with Crippen molar-refractivity contribution in [2.24, 2.45) is 0 Å². The minimum Gasteiger partial charge on any atom is -0.389 e. The SMILES string of the molecule is CC(O)c1ccnc(Sc2nnc(C3CC3)n2C2CC2)c1. The fraction of sp³-hybridized carbons (Fsp3) is 0.533. The van der Waals surface area contributed by atoms with E-state index in [1.807, 2.05) is 12.1 Å². The van der Waals surface area contributed by atoms with Gasteiger partial charge in [0.05, 0.1) is 6.10 Å². The summed E-state index contributed by atoms with van der Waals surface area (Å²) in [6.07, 6.45) is 6.20. The van der Waals surface area contributed by atoms with Crippen LogP contribution >= 0.6 is 11.8 Å². The summed E-state index contributed by atoms with van der Waals surface area (Å²) in [5.41, 5.74) is 0.882. The molecule has 0 bridgehead atoms. The number of rotatable bonds is 5. The minimum absolute atomic E-state index is 0.476. The number of hydrogen-bond donors (Lipinski definition) is 1. The van der Waals surface area contributed by atoms with Crippen LogP contribution in [-0.4, -0.2) is 24.9 Å². The van der Waals surface area contributed by atoms with E-state index in [1.54, 1.807) is 24.9 Å². The summed E-state index contributed by atoms with van der Waals surface area (Å²) in [5.74, 6) is 1.77. The van der Waals surface area contributed by atoms with E-state index in [2.05, 4.69) is 19.7 Å². The second-order valence-electron chi connectivity index (χ2n) is 5.92. The maximum absolute atomic E-state index is 9.68. The monoisotopic (exact) mass is 302 g/mol. The Morgan fingerprint density at radius 3 is 2.76 bits per heavy atom. The quantitative estimate of drug-likeness (QED) is 0.919. The van der Waals surface area contributed by atoms with Gasteiger partial charge in [-0.05, 0) is 62.1 Å². The molecule has 2 aliphatic carbocycles. The Morgan fingerprint density at radius 2 is 2.10 bits per heavy atom. The Kier molecular flexibility index (Phi) is 3.23. The Morgan fingerprint density at radius 1 is 1.29 bits per heavy atom. The van der Waals surface area contributed by atoms with Crippen LogP contribution in [0, 0.1) is 0 Å². The standard InChI is InChI=1S/C15H18N4OS/c1-9(20)11-6-7-16-13(8-11)21-15-18-17-14(10-2-3-10)19(15)12-4-5-12/h6-10,12,20H,2-5H2,1H3. The zero-order chi connectivity index (χ0) is 14.4. The molecule has 2 saturated carbocycles. The van der Waals surface area contributed by atoms with Gasteiger partial charge in [-0.25, -0.2) is 4.98 Å². The van der Waals surface area contributed by atoms with Gasteiger partial charge in [0.2, 0.25) is 0 Å². The van der Waals surface area contributed by atoms with Gasteiger partial charge >= 0.3 is 0 Å². The molecule has 0 spiro atoms. The summed E-state index contributed by atoms with van der Waals surface area (Å²) in [5, 5.41) is 20.3. The second kappa shape index (κ2) is 5.10. The van der Waals surface area contributed by atoms with E-state index in [4.69, 9.17) is 0 Å². The highest BCUT2D eigenvalue weighted by molar-refractivity contribution is 7.99. The van der Waals surface area contributed by atoms with Gasteiger partial charge in [-0.15, -0.1) is 10.2 Å². The minimum atomic E-state index is -0.476. The molecule has 2 heterocycles. The van der Waals surface area contributed by atoms with Gasteiger partial charge in [-0.3, -0.25) is 0 Å². The Hall–Kier alpha value is -1.40. The molecule has 1 N–H and O–H groups in total. The summed E-state index contributed by atoms with van der Waals surface area (Å²) in [6.45, 7) is 1.77. The fourth-order valence-electron chi connectivity index (χ4n) is 2.49. The molecule has 6 heteroatoms. The molecule has 2 aliphatic rings. The van der Waals surface area contributed by atoms with E-state index in [9.17, 15) is 5.11 Å². The zero-order valence-corrected chi connectivity index (χ0v) is 12.8. The molecule has 21 heavy (non-hydrogen) atoms. The first-order valence-electron chi connectivity index (χ1n) is 7.49. The molecule has 1 unspecified atom stereocenters. The summed E-state index contributed by atoms with van der Waals surface area (Å²) < 4.78 is 2.32. The molecular weight excluding hydrogens is 284 g/mol. The van der Waals surface area contributed by atoms with Crippen LogP contribution in [-0.2, 0) is 0 Å². The molecule has 0 aromatic carbocycles. The van der Waals surface area contributed by atoms with Crippen molar-refractivity contribution in [3.05, 3.63) is 29.7 Å². The molecule has 110 valence electrons. The topological polar surface area (TPSA) is 63.8 Å². The molecule has 1 atom stereocenters. The second-order valence-corrected chi connectivity index (χ2v) is 6.91. The normalized spacial score (nSPS) is 19.7. The Labute approximate surface area is 127 Å². The molecule has 2 fully saturated rings. The van der Waals surface area contributed by atoms with E-state index in [0.717, 1.165) is 21.6 Å². The Bertz CT molecular complexity index is 661. The number of aliphatic hydroxyl groups is 1. The Balaban J connectivity index is 1.63. The van der Waals surface area contributed by atoms with Crippen LogP contribution in [0.25, 0.3) is 0 Å². The van der Waals surface area contributed by atoms with Crippen molar-refractivity contribution in [2.75, 3.05) is 0 Å². The lowest BCUT2D eigenvalue weighted by atomic mass is 10.2. The smallest absolute Gasteiger partial charge is 0.197 e. The largest absolute Gasteiger partial charge is 0.389 e. The van der Waals surface area contributed by atoms with Crippen molar-refractivity contribution in [2.45, 2.75) is 60.9 Å².